The lowest BCUT2D eigenvalue weighted by atomic mass is 10.1. The van der Waals surface area contributed by atoms with Crippen molar-refractivity contribution >= 4 is 33.1 Å². The molecule has 6 nitrogen and oxygen atoms in total. The molecule has 0 fully saturated rings. The molecule has 2 heterocycles. The standard InChI is InChI=1S/C24H22FN3O3S/c1-15-16(2)32-23-21(15)22(30)27(13-12-17-6-4-3-5-7-17)24(31)28(23)14-20(29)26-19-10-8-18(25)9-11-19/h3-11H,12-14H2,1-2H3,(H,26,29). The van der Waals surface area contributed by atoms with Crippen LogP contribution in [0.5, 0.6) is 0 Å². The third-order valence-electron chi connectivity index (χ3n) is 5.43. The summed E-state index contributed by atoms with van der Waals surface area (Å²) in [6, 6.07) is 15.0. The molecule has 0 bridgehead atoms. The molecular weight excluding hydrogens is 429 g/mol. The van der Waals surface area contributed by atoms with Gasteiger partial charge in [-0.05, 0) is 55.7 Å². The normalized spacial score (nSPS) is 11.1. The van der Waals surface area contributed by atoms with Crippen LogP contribution in [0.15, 0.2) is 64.2 Å². The predicted molar refractivity (Wildman–Crippen MR) is 125 cm³/mol. The minimum Gasteiger partial charge on any atom is -0.325 e. The van der Waals surface area contributed by atoms with Gasteiger partial charge < -0.3 is 5.32 Å². The third kappa shape index (κ3) is 4.27. The summed E-state index contributed by atoms with van der Waals surface area (Å²) in [6.07, 6.45) is 0.519. The second-order valence-electron chi connectivity index (χ2n) is 7.58. The van der Waals surface area contributed by atoms with Gasteiger partial charge in [-0.15, -0.1) is 11.3 Å². The number of nitrogens with zero attached hydrogens (tertiary/aromatic N) is 2. The summed E-state index contributed by atoms with van der Waals surface area (Å²) in [6.45, 7) is 3.70. The topological polar surface area (TPSA) is 73.1 Å². The van der Waals surface area contributed by atoms with Crippen molar-refractivity contribution in [3.8, 4) is 0 Å². The van der Waals surface area contributed by atoms with Crippen molar-refractivity contribution in [3.05, 3.63) is 97.3 Å². The molecule has 1 N–H and O–H groups in total. The van der Waals surface area contributed by atoms with Crippen molar-refractivity contribution in [2.24, 2.45) is 0 Å². The van der Waals surface area contributed by atoms with Crippen LogP contribution in [0.2, 0.25) is 0 Å². The zero-order valence-corrected chi connectivity index (χ0v) is 18.5. The highest BCUT2D eigenvalue weighted by Crippen LogP contribution is 2.26. The number of benzene rings is 2. The Morgan fingerprint density at radius 2 is 1.69 bits per heavy atom. The Morgan fingerprint density at radius 3 is 2.38 bits per heavy atom. The van der Waals surface area contributed by atoms with Gasteiger partial charge >= 0.3 is 5.69 Å². The molecule has 0 atom stereocenters. The van der Waals surface area contributed by atoms with Crippen molar-refractivity contribution < 1.29 is 9.18 Å². The van der Waals surface area contributed by atoms with Crippen molar-refractivity contribution in [2.75, 3.05) is 5.32 Å². The summed E-state index contributed by atoms with van der Waals surface area (Å²) in [7, 11) is 0. The molecule has 0 aliphatic heterocycles. The first-order chi connectivity index (χ1) is 15.3. The number of halogens is 1. The monoisotopic (exact) mass is 451 g/mol. The Balaban J connectivity index is 1.72. The highest BCUT2D eigenvalue weighted by molar-refractivity contribution is 7.18. The van der Waals surface area contributed by atoms with Gasteiger partial charge in [-0.1, -0.05) is 30.3 Å². The van der Waals surface area contributed by atoms with E-state index in [0.717, 1.165) is 16.0 Å². The summed E-state index contributed by atoms with van der Waals surface area (Å²) in [5.41, 5.74) is 1.40. The number of hydrogen-bond acceptors (Lipinski definition) is 4. The van der Waals surface area contributed by atoms with Crippen LogP contribution in [-0.2, 0) is 24.3 Å². The number of fused-ring (bicyclic) bond motifs is 1. The number of anilines is 1. The summed E-state index contributed by atoms with van der Waals surface area (Å²) in [5, 5.41) is 3.14. The van der Waals surface area contributed by atoms with E-state index in [1.807, 2.05) is 44.2 Å². The van der Waals surface area contributed by atoms with Gasteiger partial charge in [0.25, 0.3) is 5.56 Å². The van der Waals surface area contributed by atoms with Crippen LogP contribution in [0.25, 0.3) is 10.2 Å². The number of rotatable bonds is 6. The quantitative estimate of drug-likeness (QED) is 0.484. The molecule has 0 unspecified atom stereocenters. The van der Waals surface area contributed by atoms with Crippen molar-refractivity contribution in [1.29, 1.82) is 0 Å². The van der Waals surface area contributed by atoms with Gasteiger partial charge in [0.2, 0.25) is 5.91 Å². The highest BCUT2D eigenvalue weighted by atomic mass is 32.1. The smallest absolute Gasteiger partial charge is 0.325 e. The average Bonchev–Trinajstić information content (AvgIpc) is 3.08. The number of hydrogen-bond donors (Lipinski definition) is 1. The second kappa shape index (κ2) is 8.92. The number of nitrogens with one attached hydrogen (secondary N) is 1. The van der Waals surface area contributed by atoms with E-state index in [1.165, 1.54) is 44.7 Å². The molecule has 0 aliphatic carbocycles. The van der Waals surface area contributed by atoms with E-state index in [1.54, 1.807) is 0 Å². The number of carbonyl (C=O) groups excluding carboxylic acids is 1. The third-order valence-corrected chi connectivity index (χ3v) is 6.66. The van der Waals surface area contributed by atoms with Crippen molar-refractivity contribution in [2.45, 2.75) is 33.4 Å². The molecule has 0 radical (unpaired) electrons. The van der Waals surface area contributed by atoms with Gasteiger partial charge in [-0.3, -0.25) is 18.7 Å². The lowest BCUT2D eigenvalue weighted by Gasteiger charge is -2.13. The molecule has 32 heavy (non-hydrogen) atoms. The number of aromatic nitrogens is 2. The molecule has 2 aromatic carbocycles. The fourth-order valence-corrected chi connectivity index (χ4v) is 4.75. The van der Waals surface area contributed by atoms with Gasteiger partial charge in [0.15, 0.2) is 0 Å². The maximum absolute atomic E-state index is 13.3. The van der Waals surface area contributed by atoms with Crippen molar-refractivity contribution in [3.63, 3.8) is 0 Å². The van der Waals surface area contributed by atoms with E-state index in [9.17, 15) is 18.8 Å². The van der Waals surface area contributed by atoms with Gasteiger partial charge in [-0.25, -0.2) is 9.18 Å². The first-order valence-electron chi connectivity index (χ1n) is 10.2. The first kappa shape index (κ1) is 21.7. The summed E-state index contributed by atoms with van der Waals surface area (Å²) in [5.74, 6) is -0.840. The van der Waals surface area contributed by atoms with E-state index in [-0.39, 0.29) is 18.6 Å². The lowest BCUT2D eigenvalue weighted by molar-refractivity contribution is -0.116. The average molecular weight is 452 g/mol. The van der Waals surface area contributed by atoms with Crippen molar-refractivity contribution in [1.82, 2.24) is 9.13 Å². The van der Waals surface area contributed by atoms with E-state index in [4.69, 9.17) is 0 Å². The number of amides is 1. The first-order valence-corrected chi connectivity index (χ1v) is 11.0. The second-order valence-corrected chi connectivity index (χ2v) is 8.78. The number of aryl methyl sites for hydroxylation is 3. The SMILES string of the molecule is Cc1sc2c(c1C)c(=O)n(CCc1ccccc1)c(=O)n2CC(=O)Nc1ccc(F)cc1. The van der Waals surface area contributed by atoms with Crippen LogP contribution >= 0.6 is 11.3 Å². The molecule has 8 heteroatoms. The van der Waals surface area contributed by atoms with Gasteiger partial charge in [0.05, 0.1) is 5.39 Å². The lowest BCUT2D eigenvalue weighted by Crippen LogP contribution is -2.41. The summed E-state index contributed by atoms with van der Waals surface area (Å²) < 4.78 is 15.7. The molecular formula is C24H22FN3O3S. The van der Waals surface area contributed by atoms with Crippen LogP contribution in [0, 0.1) is 19.7 Å². The molecule has 164 valence electrons. The number of thiophene rings is 1. The van der Waals surface area contributed by atoms with E-state index in [0.29, 0.717) is 22.3 Å². The molecule has 0 aliphatic rings. The molecule has 4 aromatic rings. The Bertz CT molecular complexity index is 1400. The molecule has 0 saturated carbocycles. The van der Waals surface area contributed by atoms with Crippen LogP contribution in [-0.4, -0.2) is 15.0 Å². The minimum atomic E-state index is -0.520. The van der Waals surface area contributed by atoms with Crippen LogP contribution in [0.3, 0.4) is 0 Å². The van der Waals surface area contributed by atoms with Crippen LogP contribution in [0.4, 0.5) is 10.1 Å². The highest BCUT2D eigenvalue weighted by Gasteiger charge is 2.20. The summed E-state index contributed by atoms with van der Waals surface area (Å²) >= 11 is 1.33. The van der Waals surface area contributed by atoms with Gasteiger partial charge in [-0.2, -0.15) is 0 Å². The predicted octanol–water partition coefficient (Wildman–Crippen LogP) is 3.86. The Hall–Kier alpha value is -3.52. The molecule has 4 rings (SSSR count). The largest absolute Gasteiger partial charge is 0.332 e. The minimum absolute atomic E-state index is 0.214. The zero-order chi connectivity index (χ0) is 22.8. The van der Waals surface area contributed by atoms with Gasteiger partial charge in [0, 0.05) is 17.1 Å². The zero-order valence-electron chi connectivity index (χ0n) is 17.7. The molecule has 1 amide bonds. The Morgan fingerprint density at radius 1 is 1.00 bits per heavy atom. The van der Waals surface area contributed by atoms with E-state index >= 15 is 0 Å². The van der Waals surface area contributed by atoms with Gasteiger partial charge in [0.1, 0.15) is 17.2 Å². The fraction of sp³-hybridized carbons (Fsp3) is 0.208. The fourth-order valence-electron chi connectivity index (χ4n) is 3.60. The van der Waals surface area contributed by atoms with Crippen LogP contribution < -0.4 is 16.6 Å². The van der Waals surface area contributed by atoms with E-state index < -0.39 is 17.4 Å². The molecule has 2 aromatic heterocycles. The number of carbonyl (C=O) groups is 1. The molecule has 0 spiro atoms. The maximum atomic E-state index is 13.3. The Labute approximate surface area is 187 Å². The Kier molecular flexibility index (Phi) is 6.05. The summed E-state index contributed by atoms with van der Waals surface area (Å²) in [4.78, 5) is 40.6. The van der Waals surface area contributed by atoms with Crippen LogP contribution in [0.1, 0.15) is 16.0 Å². The maximum Gasteiger partial charge on any atom is 0.332 e. The van der Waals surface area contributed by atoms with E-state index in [2.05, 4.69) is 5.32 Å². The molecule has 0 saturated heterocycles.